The van der Waals surface area contributed by atoms with E-state index in [1.54, 1.807) is 6.92 Å². The van der Waals surface area contributed by atoms with Gasteiger partial charge in [-0.3, -0.25) is 9.59 Å². The van der Waals surface area contributed by atoms with E-state index in [0.717, 1.165) is 13.0 Å². The summed E-state index contributed by atoms with van der Waals surface area (Å²) in [5.74, 6) is -1.03. The molecule has 0 spiro atoms. The Kier molecular flexibility index (Phi) is 6.12. The average Bonchev–Trinajstić information content (AvgIpc) is 2.28. The Hall–Kier alpha value is -1.10. The molecule has 0 aromatic carbocycles. The predicted octanol–water partition coefficient (Wildman–Crippen LogP) is 0.945. The molecule has 2 atom stereocenters. The molecule has 1 saturated heterocycles. The molecule has 104 valence electrons. The maximum atomic E-state index is 11.5. The molecule has 0 aromatic heterocycles. The van der Waals surface area contributed by atoms with Gasteiger partial charge in [0.1, 0.15) is 0 Å². The standard InChI is InChI=1S/C13H24N2O3/c1-10(13(17)18)8-12(16)14-6-5-11-4-3-7-15(2)9-11/h10-11H,3-9H2,1-2H3,(H,14,16)(H,17,18). The topological polar surface area (TPSA) is 69.6 Å². The van der Waals surface area contributed by atoms with Crippen LogP contribution in [-0.2, 0) is 9.59 Å². The first-order valence-corrected chi connectivity index (χ1v) is 6.67. The minimum absolute atomic E-state index is 0.0693. The molecule has 18 heavy (non-hydrogen) atoms. The summed E-state index contributed by atoms with van der Waals surface area (Å²) < 4.78 is 0. The van der Waals surface area contributed by atoms with Crippen LogP contribution in [0.1, 0.15) is 32.6 Å². The molecule has 0 saturated carbocycles. The summed E-state index contributed by atoms with van der Waals surface area (Å²) in [6.07, 6.45) is 3.51. The van der Waals surface area contributed by atoms with Crippen LogP contribution in [0.5, 0.6) is 0 Å². The zero-order valence-corrected chi connectivity index (χ0v) is 11.3. The lowest BCUT2D eigenvalue weighted by Gasteiger charge is -2.29. The van der Waals surface area contributed by atoms with Gasteiger partial charge in [0.05, 0.1) is 5.92 Å². The molecule has 2 unspecified atom stereocenters. The van der Waals surface area contributed by atoms with Gasteiger partial charge in [0.25, 0.3) is 0 Å². The zero-order valence-electron chi connectivity index (χ0n) is 11.3. The maximum Gasteiger partial charge on any atom is 0.306 e. The highest BCUT2D eigenvalue weighted by molar-refractivity contribution is 5.81. The number of amides is 1. The minimum Gasteiger partial charge on any atom is -0.481 e. The monoisotopic (exact) mass is 256 g/mol. The highest BCUT2D eigenvalue weighted by Gasteiger charge is 2.18. The van der Waals surface area contributed by atoms with E-state index >= 15 is 0 Å². The smallest absolute Gasteiger partial charge is 0.306 e. The Morgan fingerprint density at radius 1 is 1.50 bits per heavy atom. The van der Waals surface area contributed by atoms with Gasteiger partial charge in [-0.1, -0.05) is 6.92 Å². The second-order valence-electron chi connectivity index (χ2n) is 5.35. The Labute approximate surface area is 109 Å². The fraction of sp³-hybridized carbons (Fsp3) is 0.846. The minimum atomic E-state index is -0.918. The van der Waals surface area contributed by atoms with Crippen molar-refractivity contribution in [1.82, 2.24) is 10.2 Å². The third-order valence-electron chi connectivity index (χ3n) is 3.51. The molecule has 2 N–H and O–H groups in total. The first-order chi connectivity index (χ1) is 8.49. The highest BCUT2D eigenvalue weighted by atomic mass is 16.4. The zero-order chi connectivity index (χ0) is 13.5. The Balaban J connectivity index is 2.13. The van der Waals surface area contributed by atoms with Gasteiger partial charge < -0.3 is 15.3 Å². The highest BCUT2D eigenvalue weighted by Crippen LogP contribution is 2.17. The van der Waals surface area contributed by atoms with Crippen molar-refractivity contribution in [2.45, 2.75) is 32.6 Å². The summed E-state index contributed by atoms with van der Waals surface area (Å²) >= 11 is 0. The van der Waals surface area contributed by atoms with Crippen molar-refractivity contribution in [3.63, 3.8) is 0 Å². The molecule has 1 rings (SSSR count). The Bertz CT molecular complexity index is 294. The van der Waals surface area contributed by atoms with Gasteiger partial charge >= 0.3 is 5.97 Å². The number of carbonyl (C=O) groups excluding carboxylic acids is 1. The largest absolute Gasteiger partial charge is 0.481 e. The second kappa shape index (κ2) is 7.36. The van der Waals surface area contributed by atoms with Gasteiger partial charge in [-0.15, -0.1) is 0 Å². The fourth-order valence-electron chi connectivity index (χ4n) is 2.36. The van der Waals surface area contributed by atoms with Crippen LogP contribution in [0.3, 0.4) is 0 Å². The van der Waals surface area contributed by atoms with Crippen LogP contribution in [0.4, 0.5) is 0 Å². The van der Waals surface area contributed by atoms with Crippen LogP contribution in [0.2, 0.25) is 0 Å². The number of likely N-dealkylation sites (tertiary alicyclic amines) is 1. The number of hydrogen-bond donors (Lipinski definition) is 2. The molecule has 1 aliphatic rings. The number of nitrogens with one attached hydrogen (secondary N) is 1. The van der Waals surface area contributed by atoms with Crippen molar-refractivity contribution in [2.24, 2.45) is 11.8 Å². The number of carboxylic acid groups (broad SMARTS) is 1. The lowest BCUT2D eigenvalue weighted by Crippen LogP contribution is -2.35. The van der Waals surface area contributed by atoms with Crippen LogP contribution < -0.4 is 5.32 Å². The summed E-state index contributed by atoms with van der Waals surface area (Å²) in [6, 6.07) is 0. The van der Waals surface area contributed by atoms with Gasteiger partial charge in [-0.2, -0.15) is 0 Å². The van der Waals surface area contributed by atoms with Gasteiger partial charge in [0, 0.05) is 19.5 Å². The summed E-state index contributed by atoms with van der Waals surface area (Å²) in [5, 5.41) is 11.5. The Morgan fingerprint density at radius 2 is 2.22 bits per heavy atom. The van der Waals surface area contributed by atoms with Crippen LogP contribution in [-0.4, -0.2) is 48.6 Å². The molecule has 0 aliphatic carbocycles. The van der Waals surface area contributed by atoms with Crippen molar-refractivity contribution < 1.29 is 14.7 Å². The van der Waals surface area contributed by atoms with Crippen molar-refractivity contribution >= 4 is 11.9 Å². The van der Waals surface area contributed by atoms with E-state index < -0.39 is 11.9 Å². The number of hydrogen-bond acceptors (Lipinski definition) is 3. The fourth-order valence-corrected chi connectivity index (χ4v) is 2.36. The quantitative estimate of drug-likeness (QED) is 0.742. The summed E-state index contributed by atoms with van der Waals surface area (Å²) in [7, 11) is 2.12. The molecule has 0 radical (unpaired) electrons. The van der Waals surface area contributed by atoms with Crippen molar-refractivity contribution in [1.29, 1.82) is 0 Å². The van der Waals surface area contributed by atoms with E-state index in [2.05, 4.69) is 17.3 Å². The first kappa shape index (κ1) is 15.0. The molecule has 1 aliphatic heterocycles. The number of piperidine rings is 1. The number of carboxylic acids is 1. The lowest BCUT2D eigenvalue weighted by molar-refractivity contribution is -0.143. The van der Waals surface area contributed by atoms with E-state index in [1.807, 2.05) is 0 Å². The summed E-state index contributed by atoms with van der Waals surface area (Å²) in [5.41, 5.74) is 0. The Morgan fingerprint density at radius 3 is 2.83 bits per heavy atom. The van der Waals surface area contributed by atoms with E-state index in [0.29, 0.717) is 12.5 Å². The van der Waals surface area contributed by atoms with E-state index in [1.165, 1.54) is 19.4 Å². The van der Waals surface area contributed by atoms with Gasteiger partial charge in [0.15, 0.2) is 0 Å². The first-order valence-electron chi connectivity index (χ1n) is 6.67. The number of carbonyl (C=O) groups is 2. The molecule has 1 fully saturated rings. The van der Waals surface area contributed by atoms with Crippen LogP contribution in [0.25, 0.3) is 0 Å². The molecule has 1 amide bonds. The van der Waals surface area contributed by atoms with Crippen molar-refractivity contribution in [3.8, 4) is 0 Å². The van der Waals surface area contributed by atoms with Gasteiger partial charge in [-0.05, 0) is 38.8 Å². The SMILES string of the molecule is CC(CC(=O)NCCC1CCCN(C)C1)C(=O)O. The summed E-state index contributed by atoms with van der Waals surface area (Å²) in [4.78, 5) is 24.4. The van der Waals surface area contributed by atoms with Crippen LogP contribution in [0.15, 0.2) is 0 Å². The molecular weight excluding hydrogens is 232 g/mol. The van der Waals surface area contributed by atoms with E-state index in [-0.39, 0.29) is 12.3 Å². The third kappa shape index (κ3) is 5.49. The molecule has 0 aromatic rings. The maximum absolute atomic E-state index is 11.5. The normalized spacial score (nSPS) is 22.4. The van der Waals surface area contributed by atoms with Gasteiger partial charge in [0.2, 0.25) is 5.91 Å². The molecule has 5 nitrogen and oxygen atoms in total. The van der Waals surface area contributed by atoms with E-state index in [4.69, 9.17) is 5.11 Å². The van der Waals surface area contributed by atoms with Crippen molar-refractivity contribution in [2.75, 3.05) is 26.7 Å². The molecule has 5 heteroatoms. The summed E-state index contributed by atoms with van der Waals surface area (Å²) in [6.45, 7) is 4.47. The molecule has 0 bridgehead atoms. The number of aliphatic carboxylic acids is 1. The predicted molar refractivity (Wildman–Crippen MR) is 69.3 cm³/mol. The van der Waals surface area contributed by atoms with Crippen LogP contribution in [0, 0.1) is 11.8 Å². The van der Waals surface area contributed by atoms with Gasteiger partial charge in [-0.25, -0.2) is 0 Å². The third-order valence-corrected chi connectivity index (χ3v) is 3.51. The van der Waals surface area contributed by atoms with E-state index in [9.17, 15) is 9.59 Å². The lowest BCUT2D eigenvalue weighted by atomic mass is 9.95. The van der Waals surface area contributed by atoms with Crippen LogP contribution >= 0.6 is 0 Å². The number of nitrogens with zero attached hydrogens (tertiary/aromatic N) is 1. The second-order valence-corrected chi connectivity index (χ2v) is 5.35. The average molecular weight is 256 g/mol. The van der Waals surface area contributed by atoms with Crippen molar-refractivity contribution in [3.05, 3.63) is 0 Å². The number of rotatable bonds is 6. The molecule has 1 heterocycles. The molecular formula is C13H24N2O3.